The second kappa shape index (κ2) is 8.21. The van der Waals surface area contributed by atoms with Crippen LogP contribution in [0.1, 0.15) is 11.1 Å². The molecule has 0 fully saturated rings. The highest BCUT2D eigenvalue weighted by molar-refractivity contribution is 5.73. The van der Waals surface area contributed by atoms with E-state index in [0.717, 1.165) is 22.4 Å². The molecule has 0 saturated heterocycles. The largest absolute Gasteiger partial charge is 0.497 e. The lowest BCUT2D eigenvalue weighted by atomic mass is 10.0. The Hall–Kier alpha value is -3.27. The first kappa shape index (κ1) is 17.5. The third kappa shape index (κ3) is 4.63. The summed E-state index contributed by atoms with van der Waals surface area (Å²) in [5, 5.41) is 9.15. The van der Waals surface area contributed by atoms with Gasteiger partial charge in [-0.05, 0) is 46.5 Å². The van der Waals surface area contributed by atoms with Crippen molar-refractivity contribution in [3.63, 3.8) is 0 Å². The van der Waals surface area contributed by atoms with Crippen LogP contribution in [0, 0.1) is 0 Å². The van der Waals surface area contributed by atoms with E-state index < -0.39 is 5.97 Å². The van der Waals surface area contributed by atoms with Gasteiger partial charge in [-0.2, -0.15) is 0 Å². The Morgan fingerprint density at radius 1 is 0.846 bits per heavy atom. The number of rotatable bonds is 7. The van der Waals surface area contributed by atoms with Crippen LogP contribution in [0.15, 0.2) is 72.8 Å². The summed E-state index contributed by atoms with van der Waals surface area (Å²) in [7, 11) is 1.62. The predicted octanol–water partition coefficient (Wildman–Crippen LogP) is 4.57. The number of ether oxygens (including phenoxy) is 2. The van der Waals surface area contributed by atoms with E-state index in [4.69, 9.17) is 14.6 Å². The van der Waals surface area contributed by atoms with Crippen LogP contribution in [0.2, 0.25) is 0 Å². The Morgan fingerprint density at radius 3 is 2.35 bits per heavy atom. The van der Waals surface area contributed by atoms with Crippen LogP contribution in [-0.2, 0) is 17.8 Å². The van der Waals surface area contributed by atoms with Gasteiger partial charge in [0.15, 0.2) is 0 Å². The maximum absolute atomic E-state index is 11.1. The summed E-state index contributed by atoms with van der Waals surface area (Å²) in [5.74, 6) is 0.519. The van der Waals surface area contributed by atoms with Gasteiger partial charge in [0.05, 0.1) is 13.5 Å². The second-order valence-electron chi connectivity index (χ2n) is 5.94. The van der Waals surface area contributed by atoms with Crippen molar-refractivity contribution in [3.05, 3.63) is 83.9 Å². The molecule has 132 valence electrons. The lowest BCUT2D eigenvalue weighted by molar-refractivity contribution is -0.136. The summed E-state index contributed by atoms with van der Waals surface area (Å²) < 4.78 is 11.2. The molecule has 3 rings (SSSR count). The van der Waals surface area contributed by atoms with Gasteiger partial charge in [0.25, 0.3) is 0 Å². The molecule has 0 heterocycles. The van der Waals surface area contributed by atoms with E-state index in [1.54, 1.807) is 13.2 Å². The van der Waals surface area contributed by atoms with Crippen molar-refractivity contribution < 1.29 is 19.4 Å². The Balaban J connectivity index is 1.91. The first-order valence-electron chi connectivity index (χ1n) is 8.31. The van der Waals surface area contributed by atoms with Gasteiger partial charge in [-0.1, -0.05) is 48.5 Å². The second-order valence-corrected chi connectivity index (χ2v) is 5.94. The van der Waals surface area contributed by atoms with E-state index in [1.807, 2.05) is 66.7 Å². The van der Waals surface area contributed by atoms with Crippen LogP contribution in [0.5, 0.6) is 11.5 Å². The van der Waals surface area contributed by atoms with Crippen LogP contribution >= 0.6 is 0 Å². The first-order valence-corrected chi connectivity index (χ1v) is 8.31. The third-order valence-corrected chi connectivity index (χ3v) is 3.97. The number of methoxy groups -OCH3 is 1. The van der Waals surface area contributed by atoms with E-state index in [-0.39, 0.29) is 6.42 Å². The molecule has 0 aliphatic heterocycles. The van der Waals surface area contributed by atoms with E-state index in [2.05, 4.69) is 0 Å². The van der Waals surface area contributed by atoms with Crippen LogP contribution in [0.4, 0.5) is 0 Å². The number of carbonyl (C=O) groups is 1. The summed E-state index contributed by atoms with van der Waals surface area (Å²) in [4.78, 5) is 11.1. The van der Waals surface area contributed by atoms with Gasteiger partial charge >= 0.3 is 5.97 Å². The van der Waals surface area contributed by atoms with Crippen molar-refractivity contribution in [2.45, 2.75) is 13.0 Å². The molecular formula is C22H20O4. The number of hydrogen-bond acceptors (Lipinski definition) is 3. The summed E-state index contributed by atoms with van der Waals surface area (Å²) >= 11 is 0. The molecule has 3 aromatic carbocycles. The zero-order chi connectivity index (χ0) is 18.4. The Bertz CT molecular complexity index is 888. The van der Waals surface area contributed by atoms with Crippen LogP contribution in [0.25, 0.3) is 11.1 Å². The smallest absolute Gasteiger partial charge is 0.307 e. The lowest BCUT2D eigenvalue weighted by Crippen LogP contribution is -2.02. The summed E-state index contributed by atoms with van der Waals surface area (Å²) in [6.45, 7) is 0.426. The molecule has 0 aromatic heterocycles. The molecule has 0 bridgehead atoms. The molecule has 3 aromatic rings. The zero-order valence-electron chi connectivity index (χ0n) is 14.5. The number of benzene rings is 3. The molecule has 0 amide bonds. The maximum atomic E-state index is 11.1. The topological polar surface area (TPSA) is 55.8 Å². The van der Waals surface area contributed by atoms with Gasteiger partial charge in [0, 0.05) is 0 Å². The molecule has 0 spiro atoms. The van der Waals surface area contributed by atoms with Crippen molar-refractivity contribution in [1.29, 1.82) is 0 Å². The minimum absolute atomic E-state index is 0.0560. The van der Waals surface area contributed by atoms with E-state index >= 15 is 0 Å². The summed E-state index contributed by atoms with van der Waals surface area (Å²) in [6, 6.07) is 23.1. The number of carboxylic acid groups (broad SMARTS) is 1. The van der Waals surface area contributed by atoms with Crippen LogP contribution in [-0.4, -0.2) is 18.2 Å². The van der Waals surface area contributed by atoms with Gasteiger partial charge < -0.3 is 14.6 Å². The quantitative estimate of drug-likeness (QED) is 0.680. The molecular weight excluding hydrogens is 328 g/mol. The normalized spacial score (nSPS) is 10.3. The molecule has 0 unspecified atom stereocenters. The van der Waals surface area contributed by atoms with E-state index in [0.29, 0.717) is 17.9 Å². The fraction of sp³-hybridized carbons (Fsp3) is 0.136. The molecule has 4 nitrogen and oxygen atoms in total. The highest BCUT2D eigenvalue weighted by Gasteiger charge is 2.09. The van der Waals surface area contributed by atoms with Crippen molar-refractivity contribution in [2.24, 2.45) is 0 Å². The van der Waals surface area contributed by atoms with Crippen molar-refractivity contribution >= 4 is 5.97 Å². The minimum atomic E-state index is -0.873. The number of aliphatic carboxylic acids is 1. The standard InChI is InChI=1S/C22H20O4/c1-25-20-9-5-8-18(13-20)19-10-17(12-22(23)24)11-21(14-19)26-15-16-6-3-2-4-7-16/h2-11,13-14H,12,15H2,1H3,(H,23,24). The maximum Gasteiger partial charge on any atom is 0.307 e. The molecule has 0 atom stereocenters. The number of hydrogen-bond donors (Lipinski definition) is 1. The molecule has 0 aliphatic carbocycles. The van der Waals surface area contributed by atoms with Gasteiger partial charge in [-0.25, -0.2) is 0 Å². The lowest BCUT2D eigenvalue weighted by Gasteiger charge is -2.12. The monoisotopic (exact) mass is 348 g/mol. The third-order valence-electron chi connectivity index (χ3n) is 3.97. The van der Waals surface area contributed by atoms with Gasteiger partial charge in [0.2, 0.25) is 0 Å². The highest BCUT2D eigenvalue weighted by atomic mass is 16.5. The average molecular weight is 348 g/mol. The molecule has 0 radical (unpaired) electrons. The molecule has 0 saturated carbocycles. The highest BCUT2D eigenvalue weighted by Crippen LogP contribution is 2.29. The zero-order valence-corrected chi connectivity index (χ0v) is 14.5. The Kier molecular flexibility index (Phi) is 5.54. The van der Waals surface area contributed by atoms with Gasteiger partial charge in [0.1, 0.15) is 18.1 Å². The van der Waals surface area contributed by atoms with Crippen LogP contribution in [0.3, 0.4) is 0 Å². The van der Waals surface area contributed by atoms with E-state index in [9.17, 15) is 4.79 Å². The van der Waals surface area contributed by atoms with Gasteiger partial charge in [-0.3, -0.25) is 4.79 Å². The van der Waals surface area contributed by atoms with Crippen molar-refractivity contribution in [2.75, 3.05) is 7.11 Å². The van der Waals surface area contributed by atoms with Crippen molar-refractivity contribution in [1.82, 2.24) is 0 Å². The Morgan fingerprint density at radius 2 is 1.62 bits per heavy atom. The fourth-order valence-electron chi connectivity index (χ4n) is 2.73. The minimum Gasteiger partial charge on any atom is -0.497 e. The summed E-state index contributed by atoms with van der Waals surface area (Å²) in [5.41, 5.74) is 3.59. The molecule has 4 heteroatoms. The average Bonchev–Trinajstić information content (AvgIpc) is 2.66. The van der Waals surface area contributed by atoms with Crippen LogP contribution < -0.4 is 9.47 Å². The first-order chi connectivity index (χ1) is 12.6. The number of carboxylic acids is 1. The molecule has 0 aliphatic rings. The summed E-state index contributed by atoms with van der Waals surface area (Å²) in [6.07, 6.45) is -0.0560. The predicted molar refractivity (Wildman–Crippen MR) is 101 cm³/mol. The van der Waals surface area contributed by atoms with Gasteiger partial charge in [-0.15, -0.1) is 0 Å². The van der Waals surface area contributed by atoms with E-state index in [1.165, 1.54) is 0 Å². The SMILES string of the molecule is COc1cccc(-c2cc(CC(=O)O)cc(OCc3ccccc3)c2)c1. The molecule has 1 N–H and O–H groups in total. The molecule has 26 heavy (non-hydrogen) atoms. The Labute approximate surface area is 152 Å². The fourth-order valence-corrected chi connectivity index (χ4v) is 2.73. The van der Waals surface area contributed by atoms with Crippen molar-refractivity contribution in [3.8, 4) is 22.6 Å².